The molecule has 1 aromatic carbocycles. The molecule has 1 saturated heterocycles. The van der Waals surface area contributed by atoms with Crippen molar-refractivity contribution >= 4 is 17.3 Å². The SMILES string of the molecule is CCN1CCC(N(C)c2ccc(F)cc2CCl)CC1. The van der Waals surface area contributed by atoms with E-state index in [-0.39, 0.29) is 5.82 Å². The number of hydrogen-bond acceptors (Lipinski definition) is 2. The largest absolute Gasteiger partial charge is 0.371 e. The first-order valence-electron chi connectivity index (χ1n) is 6.95. The molecule has 0 aromatic heterocycles. The van der Waals surface area contributed by atoms with Crippen molar-refractivity contribution in [2.24, 2.45) is 0 Å². The maximum absolute atomic E-state index is 13.3. The predicted octanol–water partition coefficient (Wildman–Crippen LogP) is 3.49. The normalized spacial score (nSPS) is 17.7. The van der Waals surface area contributed by atoms with E-state index in [4.69, 9.17) is 11.6 Å². The van der Waals surface area contributed by atoms with Crippen molar-refractivity contribution in [3.63, 3.8) is 0 Å². The van der Waals surface area contributed by atoms with Crippen molar-refractivity contribution in [1.29, 1.82) is 0 Å². The van der Waals surface area contributed by atoms with Gasteiger partial charge in [0.1, 0.15) is 5.82 Å². The monoisotopic (exact) mass is 284 g/mol. The molecule has 1 heterocycles. The third kappa shape index (κ3) is 3.40. The molecule has 2 nitrogen and oxygen atoms in total. The fourth-order valence-electron chi connectivity index (χ4n) is 2.82. The molecule has 0 saturated carbocycles. The lowest BCUT2D eigenvalue weighted by Gasteiger charge is -2.38. The molecule has 0 aliphatic carbocycles. The van der Waals surface area contributed by atoms with Crippen LogP contribution in [0.2, 0.25) is 0 Å². The second-order valence-electron chi connectivity index (χ2n) is 5.18. The second-order valence-corrected chi connectivity index (χ2v) is 5.45. The van der Waals surface area contributed by atoms with E-state index in [0.717, 1.165) is 43.7 Å². The molecule has 0 unspecified atom stereocenters. The standard InChI is InChI=1S/C15H22ClFN2/c1-3-19-8-6-14(7-9-19)18(2)15-5-4-13(17)10-12(15)11-16/h4-5,10,14H,3,6-9,11H2,1-2H3. The number of anilines is 1. The first-order valence-corrected chi connectivity index (χ1v) is 7.48. The molecule has 106 valence electrons. The first kappa shape index (κ1) is 14.6. The predicted molar refractivity (Wildman–Crippen MR) is 79.5 cm³/mol. The highest BCUT2D eigenvalue weighted by Gasteiger charge is 2.23. The van der Waals surface area contributed by atoms with Gasteiger partial charge in [0.15, 0.2) is 0 Å². The second kappa shape index (κ2) is 6.58. The maximum Gasteiger partial charge on any atom is 0.123 e. The Balaban J connectivity index is 2.09. The molecule has 1 aromatic rings. The van der Waals surface area contributed by atoms with Gasteiger partial charge in [0.25, 0.3) is 0 Å². The summed E-state index contributed by atoms with van der Waals surface area (Å²) in [4.78, 5) is 4.74. The first-order chi connectivity index (χ1) is 9.15. The van der Waals surface area contributed by atoms with E-state index in [1.165, 1.54) is 6.07 Å². The summed E-state index contributed by atoms with van der Waals surface area (Å²) < 4.78 is 13.3. The fourth-order valence-corrected chi connectivity index (χ4v) is 3.04. The van der Waals surface area contributed by atoms with Crippen LogP contribution < -0.4 is 4.90 Å². The maximum atomic E-state index is 13.3. The minimum atomic E-state index is -0.214. The summed E-state index contributed by atoms with van der Waals surface area (Å²) >= 11 is 5.93. The molecule has 1 aliphatic heterocycles. The van der Waals surface area contributed by atoms with Crippen LogP contribution in [0.4, 0.5) is 10.1 Å². The number of benzene rings is 1. The highest BCUT2D eigenvalue weighted by atomic mass is 35.5. The molecule has 0 amide bonds. The van der Waals surface area contributed by atoms with E-state index >= 15 is 0 Å². The van der Waals surface area contributed by atoms with Crippen molar-refractivity contribution in [3.05, 3.63) is 29.6 Å². The fraction of sp³-hybridized carbons (Fsp3) is 0.600. The molecule has 0 N–H and O–H groups in total. The van der Waals surface area contributed by atoms with Crippen molar-refractivity contribution in [3.8, 4) is 0 Å². The smallest absolute Gasteiger partial charge is 0.123 e. The Morgan fingerprint density at radius 1 is 1.37 bits per heavy atom. The third-order valence-electron chi connectivity index (χ3n) is 4.12. The van der Waals surface area contributed by atoms with Gasteiger partial charge in [0, 0.05) is 37.7 Å². The molecule has 0 atom stereocenters. The van der Waals surface area contributed by atoms with Gasteiger partial charge in [-0.1, -0.05) is 6.92 Å². The van der Waals surface area contributed by atoms with Crippen molar-refractivity contribution < 1.29 is 4.39 Å². The number of alkyl halides is 1. The highest BCUT2D eigenvalue weighted by molar-refractivity contribution is 6.17. The van der Waals surface area contributed by atoms with E-state index in [1.807, 2.05) is 6.07 Å². The molecule has 1 aliphatic rings. The van der Waals surface area contributed by atoms with E-state index in [9.17, 15) is 4.39 Å². The van der Waals surface area contributed by atoms with Gasteiger partial charge in [0.05, 0.1) is 0 Å². The van der Waals surface area contributed by atoms with Gasteiger partial charge in [0.2, 0.25) is 0 Å². The molecule has 1 fully saturated rings. The number of rotatable bonds is 4. The molecule has 0 spiro atoms. The van der Waals surface area contributed by atoms with Crippen molar-refractivity contribution in [1.82, 2.24) is 4.90 Å². The summed E-state index contributed by atoms with van der Waals surface area (Å²) in [6.07, 6.45) is 2.31. The Morgan fingerprint density at radius 2 is 2.05 bits per heavy atom. The highest BCUT2D eigenvalue weighted by Crippen LogP contribution is 2.27. The van der Waals surface area contributed by atoms with Gasteiger partial charge in [-0.15, -0.1) is 11.6 Å². The molecule has 2 rings (SSSR count). The van der Waals surface area contributed by atoms with E-state index in [2.05, 4.69) is 23.8 Å². The third-order valence-corrected chi connectivity index (χ3v) is 4.41. The summed E-state index contributed by atoms with van der Waals surface area (Å²) in [5.41, 5.74) is 1.94. The van der Waals surface area contributed by atoms with Crippen LogP contribution in [-0.4, -0.2) is 37.6 Å². The quantitative estimate of drug-likeness (QED) is 0.781. The Labute approximate surface area is 120 Å². The summed E-state index contributed by atoms with van der Waals surface area (Å²) in [5.74, 6) is 0.138. The lowest BCUT2D eigenvalue weighted by molar-refractivity contribution is 0.221. The van der Waals surface area contributed by atoms with E-state index in [1.54, 1.807) is 6.07 Å². The summed E-state index contributed by atoms with van der Waals surface area (Å²) in [7, 11) is 2.09. The van der Waals surface area contributed by atoms with Crippen LogP contribution in [0, 0.1) is 5.82 Å². The number of nitrogens with zero attached hydrogens (tertiary/aromatic N) is 2. The molecule has 0 radical (unpaired) electrons. The van der Waals surface area contributed by atoms with E-state index < -0.39 is 0 Å². The van der Waals surface area contributed by atoms with Crippen LogP contribution >= 0.6 is 11.6 Å². The number of halogens is 2. The topological polar surface area (TPSA) is 6.48 Å². The Morgan fingerprint density at radius 3 is 2.63 bits per heavy atom. The van der Waals surface area contributed by atoms with Gasteiger partial charge >= 0.3 is 0 Å². The van der Waals surface area contributed by atoms with Crippen LogP contribution in [0.1, 0.15) is 25.3 Å². The Kier molecular flexibility index (Phi) is 5.06. The zero-order valence-electron chi connectivity index (χ0n) is 11.7. The minimum Gasteiger partial charge on any atom is -0.371 e. The summed E-state index contributed by atoms with van der Waals surface area (Å²) in [6, 6.07) is 5.43. The van der Waals surface area contributed by atoms with Gasteiger partial charge in [-0.2, -0.15) is 0 Å². The number of likely N-dealkylation sites (tertiary alicyclic amines) is 1. The minimum absolute atomic E-state index is 0.214. The number of piperidine rings is 1. The zero-order valence-corrected chi connectivity index (χ0v) is 12.5. The Bertz CT molecular complexity index is 417. The van der Waals surface area contributed by atoms with Crippen molar-refractivity contribution in [2.45, 2.75) is 31.7 Å². The van der Waals surface area contributed by atoms with Crippen LogP contribution in [0.25, 0.3) is 0 Å². The van der Waals surface area contributed by atoms with Gasteiger partial charge < -0.3 is 9.80 Å². The van der Waals surface area contributed by atoms with Crippen molar-refractivity contribution in [2.75, 3.05) is 31.6 Å². The van der Waals surface area contributed by atoms with Crippen LogP contribution in [0.5, 0.6) is 0 Å². The van der Waals surface area contributed by atoms with Crippen LogP contribution in [0.15, 0.2) is 18.2 Å². The Hall–Kier alpha value is -0.800. The van der Waals surface area contributed by atoms with Gasteiger partial charge in [-0.3, -0.25) is 0 Å². The molecular formula is C15H22ClFN2. The average molecular weight is 285 g/mol. The lowest BCUT2D eigenvalue weighted by atomic mass is 10.0. The zero-order chi connectivity index (χ0) is 13.8. The molecule has 19 heavy (non-hydrogen) atoms. The van der Waals surface area contributed by atoms with Crippen LogP contribution in [-0.2, 0) is 5.88 Å². The average Bonchev–Trinajstić information content (AvgIpc) is 2.46. The molecular weight excluding hydrogens is 263 g/mol. The van der Waals surface area contributed by atoms with Gasteiger partial charge in [-0.25, -0.2) is 4.39 Å². The summed E-state index contributed by atoms with van der Waals surface area (Å²) in [5, 5.41) is 0. The van der Waals surface area contributed by atoms with E-state index in [0.29, 0.717) is 11.9 Å². The summed E-state index contributed by atoms with van der Waals surface area (Å²) in [6.45, 7) is 5.61. The van der Waals surface area contributed by atoms with Gasteiger partial charge in [-0.05, 0) is 43.1 Å². The molecule has 4 heteroatoms. The lowest BCUT2D eigenvalue weighted by Crippen LogP contribution is -2.43. The number of hydrogen-bond donors (Lipinski definition) is 0. The molecule has 0 bridgehead atoms. The van der Waals surface area contributed by atoms with Crippen LogP contribution in [0.3, 0.4) is 0 Å².